The van der Waals surface area contributed by atoms with Gasteiger partial charge in [0.05, 0.1) is 22.5 Å². The van der Waals surface area contributed by atoms with E-state index in [1.54, 1.807) is 22.9 Å². The molecule has 0 bridgehead atoms. The highest BCUT2D eigenvalue weighted by Gasteiger charge is 2.15. The molecule has 6 heteroatoms. The lowest BCUT2D eigenvalue weighted by molar-refractivity contribution is 0.789. The summed E-state index contributed by atoms with van der Waals surface area (Å²) in [6, 6.07) is 20.7. The molecule has 28 heavy (non-hydrogen) atoms. The molecule has 0 aliphatic carbocycles. The van der Waals surface area contributed by atoms with Crippen LogP contribution >= 0.6 is 11.8 Å². The van der Waals surface area contributed by atoms with Gasteiger partial charge in [0.15, 0.2) is 5.16 Å². The quantitative estimate of drug-likeness (QED) is 0.388. The molecule has 2 aromatic heterocycles. The predicted molar refractivity (Wildman–Crippen MR) is 111 cm³/mol. The van der Waals surface area contributed by atoms with Crippen molar-refractivity contribution in [2.45, 2.75) is 17.8 Å². The highest BCUT2D eigenvalue weighted by atomic mass is 32.2. The highest BCUT2D eigenvalue weighted by Crippen LogP contribution is 2.25. The van der Waals surface area contributed by atoms with Crippen LogP contribution < -0.4 is 5.56 Å². The number of rotatable bonds is 4. The zero-order valence-corrected chi connectivity index (χ0v) is 16.0. The van der Waals surface area contributed by atoms with Crippen LogP contribution in [0.15, 0.2) is 76.8 Å². The minimum atomic E-state index is -0.138. The molecule has 0 radical (unpaired) electrons. The summed E-state index contributed by atoms with van der Waals surface area (Å²) in [6.45, 7) is 1.93. The topological polar surface area (TPSA) is 71.6 Å². The van der Waals surface area contributed by atoms with Crippen LogP contribution in [0.5, 0.6) is 0 Å². The third-order valence-corrected chi connectivity index (χ3v) is 5.37. The van der Waals surface area contributed by atoms with Gasteiger partial charge >= 0.3 is 0 Å². The Labute approximate surface area is 166 Å². The Hall–Kier alpha value is -3.43. The Balaban J connectivity index is 1.84. The van der Waals surface area contributed by atoms with Gasteiger partial charge in [0.1, 0.15) is 5.82 Å². The molecule has 0 saturated carbocycles. The van der Waals surface area contributed by atoms with Crippen LogP contribution in [0.1, 0.15) is 16.7 Å². The summed E-state index contributed by atoms with van der Waals surface area (Å²) in [5.74, 6) is 1.17. The SMILES string of the molecule is Cc1cccnc1-n1c(SCc2cccc(C#N)c2)nc2ccccc2c1=O. The molecule has 0 fully saturated rings. The lowest BCUT2D eigenvalue weighted by atomic mass is 10.2. The third-order valence-electron chi connectivity index (χ3n) is 4.36. The number of thioether (sulfide) groups is 1. The fourth-order valence-corrected chi connectivity index (χ4v) is 3.92. The molecular weight excluding hydrogens is 368 g/mol. The van der Waals surface area contributed by atoms with Gasteiger partial charge in [0.2, 0.25) is 0 Å². The second-order valence-corrected chi connectivity index (χ2v) is 7.24. The Morgan fingerprint density at radius 2 is 1.96 bits per heavy atom. The van der Waals surface area contributed by atoms with E-state index in [0.29, 0.717) is 33.2 Å². The largest absolute Gasteiger partial charge is 0.268 e. The first-order chi connectivity index (χ1) is 13.7. The summed E-state index contributed by atoms with van der Waals surface area (Å²) >= 11 is 1.45. The van der Waals surface area contributed by atoms with Crippen molar-refractivity contribution in [2.24, 2.45) is 0 Å². The van der Waals surface area contributed by atoms with Gasteiger partial charge in [-0.1, -0.05) is 42.1 Å². The first kappa shape index (κ1) is 18.0. The standard InChI is InChI=1S/C22H16N4OS/c1-15-6-5-11-24-20(15)26-21(27)18-9-2-3-10-19(18)25-22(26)28-14-17-8-4-7-16(12-17)13-23/h2-12H,14H2,1H3. The molecule has 4 rings (SSSR count). The monoisotopic (exact) mass is 384 g/mol. The van der Waals surface area contributed by atoms with E-state index in [4.69, 9.17) is 10.2 Å². The molecule has 0 aliphatic rings. The van der Waals surface area contributed by atoms with Crippen molar-refractivity contribution in [3.8, 4) is 11.9 Å². The van der Waals surface area contributed by atoms with Crippen molar-refractivity contribution in [3.05, 3.63) is 93.9 Å². The van der Waals surface area contributed by atoms with Crippen molar-refractivity contribution < 1.29 is 0 Å². The molecule has 2 heterocycles. The molecule has 0 N–H and O–H groups in total. The zero-order chi connectivity index (χ0) is 19.5. The summed E-state index contributed by atoms with van der Waals surface area (Å²) in [7, 11) is 0. The lowest BCUT2D eigenvalue weighted by Gasteiger charge is -2.14. The first-order valence-electron chi connectivity index (χ1n) is 8.73. The van der Waals surface area contributed by atoms with Gasteiger partial charge < -0.3 is 0 Å². The summed E-state index contributed by atoms with van der Waals surface area (Å²) < 4.78 is 1.58. The number of pyridine rings is 1. The minimum absolute atomic E-state index is 0.138. The van der Waals surface area contributed by atoms with E-state index in [1.165, 1.54) is 11.8 Å². The van der Waals surface area contributed by atoms with Gasteiger partial charge in [-0.05, 0) is 48.4 Å². The van der Waals surface area contributed by atoms with Gasteiger partial charge in [-0.25, -0.2) is 14.5 Å². The van der Waals surface area contributed by atoms with Gasteiger partial charge in [0.25, 0.3) is 5.56 Å². The van der Waals surface area contributed by atoms with E-state index < -0.39 is 0 Å². The van der Waals surface area contributed by atoms with E-state index >= 15 is 0 Å². The summed E-state index contributed by atoms with van der Waals surface area (Å²) in [5, 5.41) is 10.2. The summed E-state index contributed by atoms with van der Waals surface area (Å²) in [4.78, 5) is 22.4. The van der Waals surface area contributed by atoms with Crippen LogP contribution in [-0.4, -0.2) is 14.5 Å². The predicted octanol–water partition coefficient (Wildman–Crippen LogP) is 4.25. The molecule has 0 saturated heterocycles. The number of aryl methyl sites for hydroxylation is 1. The third kappa shape index (κ3) is 3.40. The number of nitriles is 1. The van der Waals surface area contributed by atoms with Crippen LogP contribution in [0.25, 0.3) is 16.7 Å². The van der Waals surface area contributed by atoms with E-state index in [9.17, 15) is 4.79 Å². The number of para-hydroxylation sites is 1. The molecule has 0 amide bonds. The van der Waals surface area contributed by atoms with E-state index in [0.717, 1.165) is 11.1 Å². The molecule has 136 valence electrons. The Kier molecular flexibility index (Phi) is 4.92. The second-order valence-electron chi connectivity index (χ2n) is 6.30. The maximum absolute atomic E-state index is 13.2. The van der Waals surface area contributed by atoms with Crippen molar-refractivity contribution in [2.75, 3.05) is 0 Å². The van der Waals surface area contributed by atoms with Crippen molar-refractivity contribution in [3.63, 3.8) is 0 Å². The zero-order valence-electron chi connectivity index (χ0n) is 15.2. The Bertz CT molecular complexity index is 1270. The fraction of sp³-hybridized carbons (Fsp3) is 0.0909. The van der Waals surface area contributed by atoms with Gasteiger partial charge in [-0.3, -0.25) is 4.79 Å². The normalized spacial score (nSPS) is 10.7. The number of hydrogen-bond donors (Lipinski definition) is 0. The fourth-order valence-electron chi connectivity index (χ4n) is 2.99. The Morgan fingerprint density at radius 1 is 1.11 bits per heavy atom. The first-order valence-corrected chi connectivity index (χ1v) is 9.71. The van der Waals surface area contributed by atoms with E-state index in [-0.39, 0.29) is 5.56 Å². The Morgan fingerprint density at radius 3 is 2.79 bits per heavy atom. The molecule has 5 nitrogen and oxygen atoms in total. The highest BCUT2D eigenvalue weighted by molar-refractivity contribution is 7.98. The average molecular weight is 384 g/mol. The van der Waals surface area contributed by atoms with E-state index in [2.05, 4.69) is 11.1 Å². The average Bonchev–Trinajstić information content (AvgIpc) is 2.73. The molecule has 0 spiro atoms. The second kappa shape index (κ2) is 7.67. The van der Waals surface area contributed by atoms with Gasteiger partial charge in [0, 0.05) is 11.9 Å². The maximum atomic E-state index is 13.2. The van der Waals surface area contributed by atoms with Gasteiger partial charge in [-0.15, -0.1) is 0 Å². The molecule has 0 atom stereocenters. The number of fused-ring (bicyclic) bond motifs is 1. The van der Waals surface area contributed by atoms with Crippen LogP contribution in [0.4, 0.5) is 0 Å². The maximum Gasteiger partial charge on any atom is 0.267 e. The minimum Gasteiger partial charge on any atom is -0.268 e. The smallest absolute Gasteiger partial charge is 0.267 e. The van der Waals surface area contributed by atoms with Crippen LogP contribution in [0.2, 0.25) is 0 Å². The van der Waals surface area contributed by atoms with Crippen LogP contribution in [0, 0.1) is 18.3 Å². The van der Waals surface area contributed by atoms with Crippen molar-refractivity contribution >= 4 is 22.7 Å². The molecule has 0 unspecified atom stereocenters. The number of hydrogen-bond acceptors (Lipinski definition) is 5. The summed E-state index contributed by atoms with van der Waals surface area (Å²) in [5.41, 5.74) is 3.03. The molecule has 0 aliphatic heterocycles. The van der Waals surface area contributed by atoms with Crippen LogP contribution in [0.3, 0.4) is 0 Å². The number of aromatic nitrogens is 3. The summed E-state index contributed by atoms with van der Waals surface area (Å²) in [6.07, 6.45) is 1.68. The molecular formula is C22H16N4OS. The lowest BCUT2D eigenvalue weighted by Crippen LogP contribution is -2.23. The molecule has 4 aromatic rings. The molecule has 2 aromatic carbocycles. The number of nitrogens with zero attached hydrogens (tertiary/aromatic N) is 4. The van der Waals surface area contributed by atoms with Crippen molar-refractivity contribution in [1.82, 2.24) is 14.5 Å². The van der Waals surface area contributed by atoms with Gasteiger partial charge in [-0.2, -0.15) is 5.26 Å². The number of benzene rings is 2. The van der Waals surface area contributed by atoms with Crippen LogP contribution in [-0.2, 0) is 5.75 Å². The van der Waals surface area contributed by atoms with E-state index in [1.807, 2.05) is 55.5 Å². The van der Waals surface area contributed by atoms with Crippen molar-refractivity contribution in [1.29, 1.82) is 5.26 Å².